The molecule has 1 rings (SSSR count). The molecule has 1 unspecified atom stereocenters. The molecule has 0 spiro atoms. The maximum Gasteiger partial charge on any atom is 0.191 e. The molecule has 22 heavy (non-hydrogen) atoms. The average Bonchev–Trinajstić information content (AvgIpc) is 3.03. The van der Waals surface area contributed by atoms with Crippen LogP contribution in [-0.2, 0) is 14.2 Å². The van der Waals surface area contributed by atoms with Crippen LogP contribution in [0.1, 0.15) is 39.5 Å². The topological polar surface area (TPSA) is 64.1 Å². The Bertz CT molecular complexity index is 282. The van der Waals surface area contributed by atoms with Crippen LogP contribution in [0.15, 0.2) is 4.99 Å². The van der Waals surface area contributed by atoms with Gasteiger partial charge in [-0.3, -0.25) is 4.99 Å². The van der Waals surface area contributed by atoms with Gasteiger partial charge in [0.1, 0.15) is 0 Å². The lowest BCUT2D eigenvalue weighted by Gasteiger charge is -2.12. The van der Waals surface area contributed by atoms with Crippen molar-refractivity contribution in [3.05, 3.63) is 0 Å². The zero-order valence-electron chi connectivity index (χ0n) is 14.2. The van der Waals surface area contributed by atoms with E-state index < -0.39 is 0 Å². The lowest BCUT2D eigenvalue weighted by atomic mass is 10.2. The average molecular weight is 315 g/mol. The lowest BCUT2D eigenvalue weighted by Crippen LogP contribution is -2.38. The van der Waals surface area contributed by atoms with Crippen LogP contribution in [0.2, 0.25) is 0 Å². The van der Waals surface area contributed by atoms with Crippen molar-refractivity contribution in [1.29, 1.82) is 0 Å². The van der Waals surface area contributed by atoms with E-state index in [1.54, 1.807) is 0 Å². The smallest absolute Gasteiger partial charge is 0.191 e. The first-order valence-electron chi connectivity index (χ1n) is 8.66. The van der Waals surface area contributed by atoms with E-state index in [4.69, 9.17) is 14.2 Å². The van der Waals surface area contributed by atoms with Crippen LogP contribution in [0.5, 0.6) is 0 Å². The van der Waals surface area contributed by atoms with Gasteiger partial charge in [0.05, 0.1) is 12.7 Å². The first-order valence-corrected chi connectivity index (χ1v) is 8.66. The Hall–Kier alpha value is -0.850. The van der Waals surface area contributed by atoms with Crippen molar-refractivity contribution < 1.29 is 14.2 Å². The van der Waals surface area contributed by atoms with E-state index in [0.29, 0.717) is 6.10 Å². The first-order chi connectivity index (χ1) is 10.9. The normalized spacial score (nSPS) is 18.6. The number of hydrogen-bond donors (Lipinski definition) is 2. The molecule has 1 aliphatic rings. The number of aliphatic imine (C=N–C) groups is 1. The molecule has 130 valence electrons. The van der Waals surface area contributed by atoms with E-state index in [2.05, 4.69) is 22.5 Å². The monoisotopic (exact) mass is 315 g/mol. The van der Waals surface area contributed by atoms with Crippen molar-refractivity contribution in [1.82, 2.24) is 10.6 Å². The minimum atomic E-state index is 0.313. The second-order valence-corrected chi connectivity index (χ2v) is 5.30. The highest BCUT2D eigenvalue weighted by Gasteiger charge is 2.14. The maximum atomic E-state index is 5.63. The quantitative estimate of drug-likeness (QED) is 0.325. The molecular formula is C16H33N3O3. The van der Waals surface area contributed by atoms with Crippen LogP contribution in [0.25, 0.3) is 0 Å². The summed E-state index contributed by atoms with van der Waals surface area (Å²) >= 11 is 0. The lowest BCUT2D eigenvalue weighted by molar-refractivity contribution is 0.0171. The van der Waals surface area contributed by atoms with Crippen molar-refractivity contribution in [2.24, 2.45) is 4.99 Å². The predicted octanol–water partition coefficient (Wildman–Crippen LogP) is 1.55. The third-order valence-corrected chi connectivity index (χ3v) is 3.35. The van der Waals surface area contributed by atoms with Gasteiger partial charge in [0, 0.05) is 46.1 Å². The molecule has 0 aromatic heterocycles. The molecule has 0 aliphatic carbocycles. The molecular weight excluding hydrogens is 282 g/mol. The number of nitrogens with zero attached hydrogens (tertiary/aromatic N) is 1. The molecule has 6 nitrogen and oxygen atoms in total. The van der Waals surface area contributed by atoms with Crippen LogP contribution in [0.3, 0.4) is 0 Å². The Labute approximate surface area is 135 Å². The van der Waals surface area contributed by atoms with Crippen LogP contribution < -0.4 is 10.6 Å². The highest BCUT2D eigenvalue weighted by atomic mass is 16.5. The molecule has 2 N–H and O–H groups in total. The Balaban J connectivity index is 2.02. The molecule has 1 heterocycles. The van der Waals surface area contributed by atoms with Gasteiger partial charge in [-0.15, -0.1) is 0 Å². The molecule has 6 heteroatoms. The molecule has 1 saturated heterocycles. The minimum Gasteiger partial charge on any atom is -0.382 e. The third kappa shape index (κ3) is 9.97. The van der Waals surface area contributed by atoms with Gasteiger partial charge in [0.15, 0.2) is 5.96 Å². The zero-order chi connectivity index (χ0) is 15.9. The van der Waals surface area contributed by atoms with Crippen LogP contribution in [0, 0.1) is 0 Å². The highest BCUT2D eigenvalue weighted by Crippen LogP contribution is 2.11. The van der Waals surface area contributed by atoms with Crippen LogP contribution in [-0.4, -0.2) is 64.7 Å². The van der Waals surface area contributed by atoms with Crippen molar-refractivity contribution in [3.63, 3.8) is 0 Å². The summed E-state index contributed by atoms with van der Waals surface area (Å²) in [4.78, 5) is 4.54. The van der Waals surface area contributed by atoms with E-state index in [9.17, 15) is 0 Å². The van der Waals surface area contributed by atoms with Crippen molar-refractivity contribution in [2.75, 3.05) is 52.7 Å². The first kappa shape index (κ1) is 19.2. The van der Waals surface area contributed by atoms with Crippen molar-refractivity contribution in [3.8, 4) is 0 Å². The standard InChI is InChI=1S/C16H33N3O3/c1-3-17-16(18-9-6-11-20-4-2)19-10-7-12-21-14-15-8-5-13-22-15/h15H,3-14H2,1-2H3,(H2,17,18,19). The Morgan fingerprint density at radius 2 is 2.05 bits per heavy atom. The molecule has 0 radical (unpaired) electrons. The van der Waals surface area contributed by atoms with E-state index in [0.717, 1.165) is 77.9 Å². The van der Waals surface area contributed by atoms with Crippen molar-refractivity contribution in [2.45, 2.75) is 45.6 Å². The second-order valence-electron chi connectivity index (χ2n) is 5.30. The number of hydrogen-bond acceptors (Lipinski definition) is 4. The van der Waals surface area contributed by atoms with Gasteiger partial charge in [-0.1, -0.05) is 0 Å². The number of ether oxygens (including phenoxy) is 3. The summed E-state index contributed by atoms with van der Waals surface area (Å²) in [6, 6.07) is 0. The molecule has 0 saturated carbocycles. The van der Waals surface area contributed by atoms with Gasteiger partial charge in [0.2, 0.25) is 0 Å². The molecule has 0 bridgehead atoms. The fourth-order valence-corrected chi connectivity index (χ4v) is 2.22. The van der Waals surface area contributed by atoms with Gasteiger partial charge < -0.3 is 24.8 Å². The maximum absolute atomic E-state index is 5.63. The second kappa shape index (κ2) is 13.8. The SMILES string of the molecule is CCNC(=NCCCOCC1CCCO1)NCCCOCC. The van der Waals surface area contributed by atoms with E-state index >= 15 is 0 Å². The Morgan fingerprint density at radius 1 is 1.18 bits per heavy atom. The molecule has 1 atom stereocenters. The summed E-state index contributed by atoms with van der Waals surface area (Å²) in [6.07, 6.45) is 4.53. The Morgan fingerprint density at radius 3 is 2.77 bits per heavy atom. The molecule has 0 aromatic rings. The van der Waals surface area contributed by atoms with E-state index in [-0.39, 0.29) is 0 Å². The van der Waals surface area contributed by atoms with Gasteiger partial charge in [-0.05, 0) is 39.5 Å². The molecule has 0 aromatic carbocycles. The van der Waals surface area contributed by atoms with Crippen molar-refractivity contribution >= 4 is 5.96 Å². The zero-order valence-corrected chi connectivity index (χ0v) is 14.2. The van der Waals surface area contributed by atoms with Gasteiger partial charge in [-0.2, -0.15) is 0 Å². The summed E-state index contributed by atoms with van der Waals surface area (Å²) < 4.78 is 16.5. The number of guanidine groups is 1. The summed E-state index contributed by atoms with van der Waals surface area (Å²) in [5.41, 5.74) is 0. The highest BCUT2D eigenvalue weighted by molar-refractivity contribution is 5.79. The minimum absolute atomic E-state index is 0.313. The molecule has 1 fully saturated rings. The predicted molar refractivity (Wildman–Crippen MR) is 89.5 cm³/mol. The number of rotatable bonds is 12. The Kier molecular flexibility index (Phi) is 12.0. The molecule has 1 aliphatic heterocycles. The molecule has 0 amide bonds. The number of nitrogens with one attached hydrogen (secondary N) is 2. The fourth-order valence-electron chi connectivity index (χ4n) is 2.22. The van der Waals surface area contributed by atoms with Crippen LogP contribution in [0.4, 0.5) is 0 Å². The van der Waals surface area contributed by atoms with E-state index in [1.807, 2.05) is 6.92 Å². The third-order valence-electron chi connectivity index (χ3n) is 3.35. The summed E-state index contributed by atoms with van der Waals surface area (Å²) in [6.45, 7) is 10.5. The van der Waals surface area contributed by atoms with Gasteiger partial charge >= 0.3 is 0 Å². The summed E-state index contributed by atoms with van der Waals surface area (Å²) in [7, 11) is 0. The fraction of sp³-hybridized carbons (Fsp3) is 0.938. The van der Waals surface area contributed by atoms with Crippen LogP contribution >= 0.6 is 0 Å². The van der Waals surface area contributed by atoms with E-state index in [1.165, 1.54) is 6.42 Å². The van der Waals surface area contributed by atoms with Gasteiger partial charge in [0.25, 0.3) is 0 Å². The summed E-state index contributed by atoms with van der Waals surface area (Å²) in [5.74, 6) is 0.873. The largest absolute Gasteiger partial charge is 0.382 e. The van der Waals surface area contributed by atoms with Gasteiger partial charge in [-0.25, -0.2) is 0 Å². The summed E-state index contributed by atoms with van der Waals surface area (Å²) in [5, 5.41) is 6.56.